The standard InChI is InChI=1S/C10H8O5S.Na/c11-10-6-8(15-16(12,13)14)5-7-3-1-2-4-9(7)10;/h1-6,11H,(H,12,13,14);/q;+1/p-1. The third-order valence-corrected chi connectivity index (χ3v) is 2.41. The Balaban J connectivity index is 0.00000144. The number of phenolic OH excluding ortho intramolecular Hbond substituents is 1. The van der Waals surface area contributed by atoms with Crippen molar-refractivity contribution in [2.75, 3.05) is 0 Å². The fraction of sp³-hybridized carbons (Fsp3) is 0. The van der Waals surface area contributed by atoms with E-state index in [1.807, 2.05) is 0 Å². The van der Waals surface area contributed by atoms with Gasteiger partial charge >= 0.3 is 29.6 Å². The van der Waals surface area contributed by atoms with Gasteiger partial charge in [0.25, 0.3) is 10.4 Å². The third-order valence-electron chi connectivity index (χ3n) is 2.01. The zero-order valence-electron chi connectivity index (χ0n) is 8.95. The van der Waals surface area contributed by atoms with Crippen molar-refractivity contribution in [3.8, 4) is 11.5 Å². The van der Waals surface area contributed by atoms with Gasteiger partial charge in [0.15, 0.2) is 0 Å². The summed E-state index contributed by atoms with van der Waals surface area (Å²) in [4.78, 5) is 0. The van der Waals surface area contributed by atoms with Gasteiger partial charge in [0, 0.05) is 11.5 Å². The largest absolute Gasteiger partial charge is 1.00 e. The summed E-state index contributed by atoms with van der Waals surface area (Å²) in [5, 5.41) is 10.7. The molecule has 0 fully saturated rings. The summed E-state index contributed by atoms with van der Waals surface area (Å²) in [6.07, 6.45) is 0. The van der Waals surface area contributed by atoms with E-state index in [0.29, 0.717) is 10.8 Å². The molecule has 1 N–H and O–H groups in total. The zero-order chi connectivity index (χ0) is 11.8. The molecule has 0 aliphatic carbocycles. The smallest absolute Gasteiger partial charge is 0.716 e. The first-order valence-corrected chi connectivity index (χ1v) is 5.66. The van der Waals surface area contributed by atoms with Crippen molar-refractivity contribution in [3.63, 3.8) is 0 Å². The summed E-state index contributed by atoms with van der Waals surface area (Å²) < 4.78 is 35.3. The normalized spacial score (nSPS) is 10.9. The Morgan fingerprint density at radius 3 is 2.47 bits per heavy atom. The Bertz CT molecular complexity index is 638. The van der Waals surface area contributed by atoms with Crippen LogP contribution in [0.3, 0.4) is 0 Å². The molecule has 0 unspecified atom stereocenters. The summed E-state index contributed by atoms with van der Waals surface area (Å²) >= 11 is 0. The molecule has 84 valence electrons. The molecule has 0 radical (unpaired) electrons. The van der Waals surface area contributed by atoms with Crippen LogP contribution in [0.15, 0.2) is 36.4 Å². The average Bonchev–Trinajstić information content (AvgIpc) is 2.15. The van der Waals surface area contributed by atoms with E-state index in [0.717, 1.165) is 6.07 Å². The number of hydrogen-bond donors (Lipinski definition) is 1. The van der Waals surface area contributed by atoms with Gasteiger partial charge < -0.3 is 13.8 Å². The van der Waals surface area contributed by atoms with Crippen LogP contribution in [-0.4, -0.2) is 18.1 Å². The predicted molar refractivity (Wildman–Crippen MR) is 55.9 cm³/mol. The quantitative estimate of drug-likeness (QED) is 0.400. The molecule has 0 aliphatic rings. The Morgan fingerprint density at radius 1 is 1.18 bits per heavy atom. The number of aromatic hydroxyl groups is 1. The van der Waals surface area contributed by atoms with E-state index in [4.69, 9.17) is 0 Å². The predicted octanol–water partition coefficient (Wildman–Crippen LogP) is -1.61. The van der Waals surface area contributed by atoms with Crippen LogP contribution >= 0.6 is 0 Å². The van der Waals surface area contributed by atoms with E-state index in [2.05, 4.69) is 4.18 Å². The average molecular weight is 262 g/mol. The van der Waals surface area contributed by atoms with Gasteiger partial charge in [-0.2, -0.15) is 0 Å². The van der Waals surface area contributed by atoms with E-state index < -0.39 is 10.4 Å². The first kappa shape index (κ1) is 14.3. The molecule has 17 heavy (non-hydrogen) atoms. The minimum Gasteiger partial charge on any atom is -0.716 e. The van der Waals surface area contributed by atoms with Crippen LogP contribution in [0.5, 0.6) is 11.5 Å². The fourth-order valence-electron chi connectivity index (χ4n) is 1.43. The van der Waals surface area contributed by atoms with Gasteiger partial charge in [-0.05, 0) is 11.5 Å². The number of fused-ring (bicyclic) bond motifs is 1. The molecular weight excluding hydrogens is 255 g/mol. The number of benzene rings is 2. The summed E-state index contributed by atoms with van der Waals surface area (Å²) in [6, 6.07) is 9.23. The maximum absolute atomic E-state index is 10.4. The fourth-order valence-corrected chi connectivity index (χ4v) is 1.76. The summed E-state index contributed by atoms with van der Waals surface area (Å²) in [5.41, 5.74) is 0. The molecule has 2 rings (SSSR count). The van der Waals surface area contributed by atoms with Gasteiger partial charge in [0.2, 0.25) is 0 Å². The van der Waals surface area contributed by atoms with E-state index in [1.54, 1.807) is 24.3 Å². The zero-order valence-corrected chi connectivity index (χ0v) is 11.8. The van der Waals surface area contributed by atoms with Gasteiger partial charge in [0.1, 0.15) is 11.5 Å². The van der Waals surface area contributed by atoms with Crippen molar-refractivity contribution in [2.24, 2.45) is 0 Å². The first-order valence-electron chi connectivity index (χ1n) is 4.33. The molecule has 0 heterocycles. The maximum atomic E-state index is 10.4. The van der Waals surface area contributed by atoms with E-state index >= 15 is 0 Å². The van der Waals surface area contributed by atoms with Crippen LogP contribution in [0.25, 0.3) is 10.8 Å². The topological polar surface area (TPSA) is 86.7 Å². The van der Waals surface area contributed by atoms with Crippen LogP contribution in [0.4, 0.5) is 0 Å². The second kappa shape index (κ2) is 5.24. The van der Waals surface area contributed by atoms with Crippen molar-refractivity contribution in [3.05, 3.63) is 36.4 Å². The van der Waals surface area contributed by atoms with Gasteiger partial charge in [-0.1, -0.05) is 24.3 Å². The van der Waals surface area contributed by atoms with E-state index in [9.17, 15) is 18.1 Å². The number of hydrogen-bond acceptors (Lipinski definition) is 5. The van der Waals surface area contributed by atoms with Crippen LogP contribution in [0, 0.1) is 0 Å². The number of rotatable bonds is 2. The molecule has 0 spiro atoms. The van der Waals surface area contributed by atoms with E-state index in [1.165, 1.54) is 6.07 Å². The van der Waals surface area contributed by atoms with Gasteiger partial charge in [-0.15, -0.1) is 0 Å². The Kier molecular flexibility index (Phi) is 4.40. The Morgan fingerprint density at radius 2 is 1.82 bits per heavy atom. The van der Waals surface area contributed by atoms with Crippen molar-refractivity contribution in [2.45, 2.75) is 0 Å². The third kappa shape index (κ3) is 3.58. The SMILES string of the molecule is O=S(=O)([O-])Oc1cc(O)c2ccccc2c1.[Na+]. The molecule has 0 aliphatic heterocycles. The molecule has 0 bridgehead atoms. The van der Waals surface area contributed by atoms with Crippen LogP contribution in [-0.2, 0) is 10.4 Å². The second-order valence-electron chi connectivity index (χ2n) is 3.16. The summed E-state index contributed by atoms with van der Waals surface area (Å²) in [7, 11) is -4.82. The number of phenols is 1. The summed E-state index contributed by atoms with van der Waals surface area (Å²) in [5.74, 6) is -0.344. The maximum Gasteiger partial charge on any atom is 1.00 e. The molecule has 0 amide bonds. The minimum absolute atomic E-state index is 0. The molecule has 0 saturated heterocycles. The van der Waals surface area contributed by atoms with Crippen molar-refractivity contribution < 1.29 is 51.8 Å². The summed E-state index contributed by atoms with van der Waals surface area (Å²) in [6.45, 7) is 0. The molecule has 5 nitrogen and oxygen atoms in total. The van der Waals surface area contributed by atoms with Gasteiger partial charge in [-0.25, -0.2) is 8.42 Å². The molecule has 0 atom stereocenters. The van der Waals surface area contributed by atoms with Crippen molar-refractivity contribution >= 4 is 21.2 Å². The molecular formula is C10H7NaO5S. The molecule has 2 aromatic rings. The molecule has 2 aromatic carbocycles. The monoisotopic (exact) mass is 262 g/mol. The minimum atomic E-state index is -4.82. The van der Waals surface area contributed by atoms with Crippen LogP contribution in [0.2, 0.25) is 0 Å². The Hall–Kier alpha value is -0.790. The van der Waals surface area contributed by atoms with E-state index in [-0.39, 0.29) is 41.1 Å². The van der Waals surface area contributed by atoms with Crippen LogP contribution < -0.4 is 33.7 Å². The van der Waals surface area contributed by atoms with Crippen molar-refractivity contribution in [1.29, 1.82) is 0 Å². The molecule has 0 aromatic heterocycles. The molecule has 0 saturated carbocycles. The first-order chi connectivity index (χ1) is 7.46. The van der Waals surface area contributed by atoms with Gasteiger partial charge in [-0.3, -0.25) is 0 Å². The molecule has 7 heteroatoms. The van der Waals surface area contributed by atoms with Crippen molar-refractivity contribution in [1.82, 2.24) is 0 Å². The Labute approximate surface area is 120 Å². The van der Waals surface area contributed by atoms with Crippen LogP contribution in [0.1, 0.15) is 0 Å². The van der Waals surface area contributed by atoms with Gasteiger partial charge in [0.05, 0.1) is 0 Å². The second-order valence-corrected chi connectivity index (χ2v) is 4.14.